The molecule has 0 spiro atoms. The van der Waals surface area contributed by atoms with E-state index in [0.717, 1.165) is 33.3 Å². The number of carbonyl (C=O) groups is 15. The van der Waals surface area contributed by atoms with E-state index >= 15 is 0 Å². The number of rotatable bonds is 56. The highest BCUT2D eigenvalue weighted by Crippen LogP contribution is 2.27. The minimum absolute atomic E-state index is 0.00283. The zero-order valence-electron chi connectivity index (χ0n) is 66.0. The molecule has 42 heteroatoms. The molecular formula is C74H118N12O27S3. The van der Waals surface area contributed by atoms with Gasteiger partial charge in [-0.15, -0.1) is 11.8 Å². The largest absolute Gasteiger partial charge is 0.481 e. The van der Waals surface area contributed by atoms with Crippen molar-refractivity contribution in [2.24, 2.45) is 40.1 Å². The average Bonchev–Trinajstić information content (AvgIpc) is 1.01. The lowest BCUT2D eigenvalue weighted by Gasteiger charge is -2.26. The number of carboxylic acid groups (broad SMARTS) is 1. The summed E-state index contributed by atoms with van der Waals surface area (Å²) in [6.45, 7) is 4.16. The van der Waals surface area contributed by atoms with Crippen molar-refractivity contribution in [3.05, 3.63) is 35.9 Å². The van der Waals surface area contributed by atoms with Crippen molar-refractivity contribution in [3.8, 4) is 0 Å². The van der Waals surface area contributed by atoms with Crippen LogP contribution in [0.5, 0.6) is 0 Å². The molecule has 0 radical (unpaired) electrons. The smallest absolute Gasteiger partial charge is 0.304 e. The molecule has 0 unspecified atom stereocenters. The number of aliphatic imine (C=N–C) groups is 1. The Morgan fingerprint density at radius 3 is 1.57 bits per heavy atom. The zero-order valence-corrected chi connectivity index (χ0v) is 68.5. The predicted octanol–water partition coefficient (Wildman–Crippen LogP) is -2.46. The van der Waals surface area contributed by atoms with Crippen LogP contribution in [-0.2, 0) is 131 Å². The molecule has 15 N–H and O–H groups in total. The highest BCUT2D eigenvalue weighted by Gasteiger charge is 2.36. The second-order valence-electron chi connectivity index (χ2n) is 26.7. The van der Waals surface area contributed by atoms with E-state index in [2.05, 4.69) is 52.4 Å². The van der Waals surface area contributed by atoms with Crippen molar-refractivity contribution in [1.29, 1.82) is 0 Å². The quantitative estimate of drug-likeness (QED) is 0.0106. The third-order valence-electron chi connectivity index (χ3n) is 16.8. The highest BCUT2D eigenvalue weighted by molar-refractivity contribution is 8.76. The summed E-state index contributed by atoms with van der Waals surface area (Å²) in [5.74, 6) is -10.1. The number of ether oxygens (including phenoxy) is 10. The number of nitrogens with zero attached hydrogens (tertiary/aromatic N) is 1. The van der Waals surface area contributed by atoms with Crippen LogP contribution in [0.3, 0.4) is 0 Å². The summed E-state index contributed by atoms with van der Waals surface area (Å²) in [6.07, 6.45) is -1.33. The first-order valence-electron chi connectivity index (χ1n) is 38.6. The number of guanidine groups is 1. The Morgan fingerprint density at radius 1 is 0.509 bits per heavy atom. The molecule has 0 aliphatic carbocycles. The van der Waals surface area contributed by atoms with Gasteiger partial charge in [-0.1, -0.05) is 51.9 Å². The number of thioether (sulfide) groups is 1. The number of amides is 8. The molecule has 2 fully saturated rings. The zero-order chi connectivity index (χ0) is 84.8. The van der Waals surface area contributed by atoms with Crippen LogP contribution in [0.2, 0.25) is 0 Å². The van der Waals surface area contributed by atoms with E-state index in [-0.39, 0.29) is 197 Å². The number of carbonyl (C=O) groups excluding carboxylic acids is 14. The first-order valence-corrected chi connectivity index (χ1v) is 42.2. The number of hydrogen-bond acceptors (Lipinski definition) is 31. The van der Waals surface area contributed by atoms with E-state index in [4.69, 9.17) is 64.7 Å². The molecule has 39 nitrogen and oxygen atoms in total. The van der Waals surface area contributed by atoms with E-state index in [1.165, 1.54) is 6.92 Å². The Morgan fingerprint density at radius 2 is 1.02 bits per heavy atom. The number of Topliss-reactive ketones (excluding diaryl/α,β-unsaturated/α-hetero) is 6. The molecule has 2 saturated heterocycles. The van der Waals surface area contributed by atoms with Gasteiger partial charge in [0.25, 0.3) is 0 Å². The Bertz CT molecular complexity index is 3190. The number of unbranched alkanes of at least 4 members (excludes halogenated alkanes) is 1. The van der Waals surface area contributed by atoms with Crippen molar-refractivity contribution >= 4 is 127 Å². The van der Waals surface area contributed by atoms with Gasteiger partial charge in [-0.05, 0) is 63.9 Å². The van der Waals surface area contributed by atoms with Crippen molar-refractivity contribution in [2.45, 2.75) is 121 Å². The number of hydrogen-bond donors (Lipinski definition) is 12. The Kier molecular flexibility index (Phi) is 57.7. The second-order valence-corrected chi connectivity index (χ2v) is 30.3. The molecule has 1 aromatic carbocycles. The average molecular weight is 1700 g/mol. The number of benzene rings is 1. The third kappa shape index (κ3) is 52.2. The number of ketones is 6. The van der Waals surface area contributed by atoms with Gasteiger partial charge >= 0.3 is 5.97 Å². The van der Waals surface area contributed by atoms with Crippen LogP contribution in [0, 0.1) is 17.8 Å². The number of nitrogens with two attached hydrogens (primary N) is 3. The predicted molar refractivity (Wildman–Crippen MR) is 425 cm³/mol. The lowest BCUT2D eigenvalue weighted by molar-refractivity contribution is -0.142. The molecule has 654 valence electrons. The van der Waals surface area contributed by atoms with E-state index in [1.807, 2.05) is 0 Å². The molecule has 0 aromatic heterocycles. The number of aliphatic carboxylic acids is 1. The number of nitrogens with one attached hydrogen (secondary N) is 8. The fourth-order valence-corrected chi connectivity index (χ4v) is 14.2. The number of carboxylic acids is 1. The fraction of sp³-hybridized carbons (Fsp3) is 0.703. The van der Waals surface area contributed by atoms with Gasteiger partial charge in [-0.2, -0.15) is 0 Å². The lowest BCUT2D eigenvalue weighted by atomic mass is 9.90. The van der Waals surface area contributed by atoms with Crippen LogP contribution in [0.4, 0.5) is 0 Å². The van der Waals surface area contributed by atoms with Crippen LogP contribution in [0.1, 0.15) is 96.0 Å². The van der Waals surface area contributed by atoms with Crippen molar-refractivity contribution in [3.63, 3.8) is 0 Å². The normalized spacial score (nSPS) is 19.2. The SMILES string of the molecule is CC(=O)COCC(=O)CCCOCCOCCOCCCC(=O)[C@@H]1CSCC(=O)N[C@@H](CCCCNC(=O)COCC(=O)NCCOCCOCCOCCOCCOCCNC(=O)CON)C(=O)N[C@H]2CSSC[C@H](NC(=O)[C@H](CC(=O)O)CC(=O)CNC(=O)[C@H](CCCN=C(N)N)CC2=O)C(=O)C[C@@H](Cc2ccccc2)C(=O)N1. The molecule has 7 atom stereocenters. The van der Waals surface area contributed by atoms with Gasteiger partial charge in [-0.25, -0.2) is 5.90 Å². The van der Waals surface area contributed by atoms with Crippen molar-refractivity contribution in [1.82, 2.24) is 42.5 Å². The molecule has 116 heavy (non-hydrogen) atoms. The van der Waals surface area contributed by atoms with Crippen LogP contribution < -0.4 is 59.9 Å². The van der Waals surface area contributed by atoms with E-state index in [1.54, 1.807) is 30.3 Å². The summed E-state index contributed by atoms with van der Waals surface area (Å²) in [6, 6.07) is 3.19. The minimum atomic E-state index is -1.55. The summed E-state index contributed by atoms with van der Waals surface area (Å²) in [5, 5.41) is 31.3. The topological polar surface area (TPSA) is 564 Å². The second kappa shape index (κ2) is 65.3. The monoisotopic (exact) mass is 1700 g/mol. The van der Waals surface area contributed by atoms with Crippen LogP contribution >= 0.6 is 33.3 Å². The summed E-state index contributed by atoms with van der Waals surface area (Å²) >= 11 is 0.951. The standard InChI is InChI=1S/C74H118N12O27S3/c1-51(87)42-111-43-56(88)13-8-20-103-24-28-107-29-25-104-21-9-15-62(90)59-47-114-50-68(96)83-58(14-5-6-16-78-65(93)44-112-45-66(94)79-18-22-105-26-30-108-32-34-110-35-33-109-31-27-106-23-19-80-67(95)46-113-77)73(102)86-61-49-116-115-48-60(64(92)39-54(71(100)84-59)36-52-10-3-2-4-11-52)85-72(101)55(40-69(97)98)37-57(89)41-82-70(99)53(38-63(61)91)12-7-17-81-74(75)76/h2-4,10-11,53-55,58-61H,5-9,12-50,77H2,1H3,(H,78,93)(H,79,94)(H,80,95)(H,82,99)(H,83,96)(H,84,100)(H,85,101)(H,86,102)(H,97,98)(H4,75,76,81)/t53-,54-,55+,58+,59+,60+,61+/m1/s1. The van der Waals surface area contributed by atoms with Gasteiger partial charge in [-0.3, -0.25) is 81.7 Å². The van der Waals surface area contributed by atoms with E-state index in [9.17, 15) is 77.0 Å². The van der Waals surface area contributed by atoms with Gasteiger partial charge in [0.1, 0.15) is 39.1 Å². The van der Waals surface area contributed by atoms with Crippen LogP contribution in [0.15, 0.2) is 35.3 Å². The first kappa shape index (κ1) is 102. The Balaban J connectivity index is 1.75. The molecule has 2 bridgehead atoms. The number of fused-ring (bicyclic) bond motifs is 5. The molecule has 3 rings (SSSR count). The summed E-state index contributed by atoms with van der Waals surface area (Å²) < 4.78 is 54.4. The summed E-state index contributed by atoms with van der Waals surface area (Å²) in [5.41, 5.74) is 11.7. The maximum Gasteiger partial charge on any atom is 0.304 e. The molecule has 0 saturated carbocycles. The highest BCUT2D eigenvalue weighted by atomic mass is 33.1. The van der Waals surface area contributed by atoms with E-state index in [0.29, 0.717) is 71.4 Å². The van der Waals surface area contributed by atoms with Gasteiger partial charge in [0.2, 0.25) is 47.3 Å². The summed E-state index contributed by atoms with van der Waals surface area (Å²) in [4.78, 5) is 209. The maximum absolute atomic E-state index is 14.9. The molecule has 2 heterocycles. The van der Waals surface area contributed by atoms with Crippen LogP contribution in [0.25, 0.3) is 0 Å². The minimum Gasteiger partial charge on any atom is -0.481 e. The lowest BCUT2D eigenvalue weighted by Crippen LogP contribution is -2.53. The van der Waals surface area contributed by atoms with Gasteiger partial charge in [0.15, 0.2) is 40.7 Å². The van der Waals surface area contributed by atoms with Gasteiger partial charge < -0.3 is 106 Å². The van der Waals surface area contributed by atoms with Gasteiger partial charge in [0, 0.05) is 101 Å². The molecule has 2 aliphatic rings. The summed E-state index contributed by atoms with van der Waals surface area (Å²) in [7, 11) is 1.98. The maximum atomic E-state index is 14.9. The van der Waals surface area contributed by atoms with Crippen molar-refractivity contribution < 1.29 is 129 Å². The van der Waals surface area contributed by atoms with E-state index < -0.39 is 158 Å². The first-order chi connectivity index (χ1) is 55.9. The molecular weight excluding hydrogens is 1590 g/mol. The third-order valence-corrected chi connectivity index (χ3v) is 20.3. The van der Waals surface area contributed by atoms with Crippen molar-refractivity contribution in [2.75, 3.05) is 194 Å². The fourth-order valence-electron chi connectivity index (χ4n) is 10.9. The Labute approximate surface area is 687 Å². The van der Waals surface area contributed by atoms with Gasteiger partial charge in [0.05, 0.1) is 135 Å². The molecule has 8 amide bonds. The molecule has 1 aromatic rings. The molecule has 2 aliphatic heterocycles. The Hall–Kier alpha value is -7.69. The van der Waals surface area contributed by atoms with Crippen LogP contribution in [-0.4, -0.2) is 318 Å².